The molecule has 0 aromatic heterocycles. The van der Waals surface area contributed by atoms with Crippen molar-refractivity contribution in [2.45, 2.75) is 51.9 Å². The Labute approximate surface area is 68.9 Å². The van der Waals surface area contributed by atoms with Crippen molar-refractivity contribution in [3.8, 4) is 0 Å². The van der Waals surface area contributed by atoms with Gasteiger partial charge in [-0.1, -0.05) is 0 Å². The molecule has 0 aromatic carbocycles. The van der Waals surface area contributed by atoms with Crippen molar-refractivity contribution in [1.29, 1.82) is 0 Å². The molecule has 0 amide bonds. The number of ether oxygens (including phenoxy) is 2. The minimum absolute atomic E-state index is 0.328. The molecule has 1 aliphatic rings. The molecule has 66 valence electrons. The Morgan fingerprint density at radius 1 is 1.45 bits per heavy atom. The molecule has 0 spiro atoms. The molecule has 0 radical (unpaired) electrons. The van der Waals surface area contributed by atoms with E-state index in [1.54, 1.807) is 0 Å². The average Bonchev–Trinajstić information content (AvgIpc) is 2.31. The average molecular weight is 158 g/mol. The van der Waals surface area contributed by atoms with Crippen molar-refractivity contribution in [1.82, 2.24) is 0 Å². The summed E-state index contributed by atoms with van der Waals surface area (Å²) >= 11 is 0. The van der Waals surface area contributed by atoms with Crippen LogP contribution in [0.4, 0.5) is 0 Å². The molecule has 0 N–H and O–H groups in total. The zero-order valence-corrected chi connectivity index (χ0v) is 7.67. The van der Waals surface area contributed by atoms with Gasteiger partial charge in [-0.3, -0.25) is 0 Å². The lowest BCUT2D eigenvalue weighted by Gasteiger charge is -2.13. The van der Waals surface area contributed by atoms with Crippen LogP contribution in [-0.2, 0) is 9.47 Å². The molecule has 2 atom stereocenters. The van der Waals surface area contributed by atoms with Gasteiger partial charge < -0.3 is 9.47 Å². The summed E-state index contributed by atoms with van der Waals surface area (Å²) in [6.07, 6.45) is 3.47. The first-order valence-electron chi connectivity index (χ1n) is 4.45. The first kappa shape index (κ1) is 9.01. The molecular formula is C9H18O2. The third kappa shape index (κ3) is 3.21. The van der Waals surface area contributed by atoms with Crippen LogP contribution in [0.25, 0.3) is 0 Å². The fraction of sp³-hybridized carbons (Fsp3) is 1.00. The van der Waals surface area contributed by atoms with Gasteiger partial charge in [0.2, 0.25) is 0 Å². The third-order valence-corrected chi connectivity index (χ3v) is 1.94. The first-order valence-corrected chi connectivity index (χ1v) is 4.45. The highest BCUT2D eigenvalue weighted by atomic mass is 16.5. The molecule has 2 nitrogen and oxygen atoms in total. The molecule has 1 saturated heterocycles. The molecule has 1 heterocycles. The predicted molar refractivity (Wildman–Crippen MR) is 44.7 cm³/mol. The van der Waals surface area contributed by atoms with E-state index in [0.29, 0.717) is 18.3 Å². The highest BCUT2D eigenvalue weighted by molar-refractivity contribution is 4.69. The van der Waals surface area contributed by atoms with E-state index < -0.39 is 0 Å². The van der Waals surface area contributed by atoms with Crippen LogP contribution in [0, 0.1) is 0 Å². The van der Waals surface area contributed by atoms with Crippen LogP contribution in [0.2, 0.25) is 0 Å². The number of rotatable bonds is 3. The fourth-order valence-electron chi connectivity index (χ4n) is 1.31. The Morgan fingerprint density at radius 2 is 2.18 bits per heavy atom. The molecule has 2 unspecified atom stereocenters. The largest absolute Gasteiger partial charge is 0.376 e. The summed E-state index contributed by atoms with van der Waals surface area (Å²) < 4.78 is 11.0. The van der Waals surface area contributed by atoms with Crippen LogP contribution in [0.3, 0.4) is 0 Å². The van der Waals surface area contributed by atoms with Crippen LogP contribution in [0.5, 0.6) is 0 Å². The molecule has 11 heavy (non-hydrogen) atoms. The minimum atomic E-state index is 0.328. The molecule has 0 saturated carbocycles. The Hall–Kier alpha value is -0.0800. The maximum absolute atomic E-state index is 5.59. The van der Waals surface area contributed by atoms with Gasteiger partial charge in [-0.15, -0.1) is 0 Å². The van der Waals surface area contributed by atoms with Gasteiger partial charge >= 0.3 is 0 Å². The molecule has 0 aliphatic carbocycles. The van der Waals surface area contributed by atoms with Crippen molar-refractivity contribution in [2.75, 3.05) is 6.61 Å². The summed E-state index contributed by atoms with van der Waals surface area (Å²) in [5.74, 6) is 0. The summed E-state index contributed by atoms with van der Waals surface area (Å²) in [5, 5.41) is 0. The van der Waals surface area contributed by atoms with Gasteiger partial charge in [0.25, 0.3) is 0 Å². The van der Waals surface area contributed by atoms with Crippen LogP contribution in [0.1, 0.15) is 33.6 Å². The van der Waals surface area contributed by atoms with Crippen LogP contribution in [0.15, 0.2) is 0 Å². The van der Waals surface area contributed by atoms with E-state index in [4.69, 9.17) is 9.47 Å². The van der Waals surface area contributed by atoms with E-state index in [2.05, 4.69) is 20.8 Å². The minimum Gasteiger partial charge on any atom is -0.376 e. The van der Waals surface area contributed by atoms with E-state index in [-0.39, 0.29) is 0 Å². The van der Waals surface area contributed by atoms with Gasteiger partial charge in [0.1, 0.15) is 0 Å². The summed E-state index contributed by atoms with van der Waals surface area (Å²) in [6.45, 7) is 6.99. The van der Waals surface area contributed by atoms with Crippen molar-refractivity contribution in [3.63, 3.8) is 0 Å². The second kappa shape index (κ2) is 4.07. The Morgan fingerprint density at radius 3 is 2.64 bits per heavy atom. The molecule has 0 aromatic rings. The number of hydrogen-bond acceptors (Lipinski definition) is 2. The van der Waals surface area contributed by atoms with Crippen molar-refractivity contribution in [2.24, 2.45) is 0 Å². The highest BCUT2D eigenvalue weighted by Crippen LogP contribution is 2.19. The second-order valence-corrected chi connectivity index (χ2v) is 3.53. The first-order chi connectivity index (χ1) is 5.18. The molecule has 1 aliphatic heterocycles. The van der Waals surface area contributed by atoms with E-state index in [1.165, 1.54) is 6.42 Å². The van der Waals surface area contributed by atoms with Crippen molar-refractivity contribution >= 4 is 0 Å². The SMILES string of the molecule is CC(C)OCC1CCC(C)O1. The standard InChI is InChI=1S/C9H18O2/c1-7(2)10-6-9-5-4-8(3)11-9/h7-9H,4-6H2,1-3H3. The third-order valence-electron chi connectivity index (χ3n) is 1.94. The zero-order valence-electron chi connectivity index (χ0n) is 7.67. The molecule has 1 rings (SSSR count). The topological polar surface area (TPSA) is 18.5 Å². The predicted octanol–water partition coefficient (Wildman–Crippen LogP) is 1.98. The quantitative estimate of drug-likeness (QED) is 0.625. The van der Waals surface area contributed by atoms with Crippen molar-refractivity contribution < 1.29 is 9.47 Å². The molecular weight excluding hydrogens is 140 g/mol. The number of hydrogen-bond donors (Lipinski definition) is 0. The Balaban J connectivity index is 2.08. The smallest absolute Gasteiger partial charge is 0.0813 e. The van der Waals surface area contributed by atoms with Gasteiger partial charge in [0, 0.05) is 0 Å². The monoisotopic (exact) mass is 158 g/mol. The van der Waals surface area contributed by atoms with Gasteiger partial charge in [0.05, 0.1) is 24.9 Å². The van der Waals surface area contributed by atoms with Crippen molar-refractivity contribution in [3.05, 3.63) is 0 Å². The van der Waals surface area contributed by atoms with Gasteiger partial charge in [-0.05, 0) is 33.6 Å². The van der Waals surface area contributed by atoms with Gasteiger partial charge in [0.15, 0.2) is 0 Å². The normalized spacial score (nSPS) is 31.6. The lowest BCUT2D eigenvalue weighted by molar-refractivity contribution is -0.0278. The Kier molecular flexibility index (Phi) is 3.34. The summed E-state index contributed by atoms with van der Waals surface area (Å²) in [5.41, 5.74) is 0. The Bertz CT molecular complexity index is 112. The van der Waals surface area contributed by atoms with E-state index in [9.17, 15) is 0 Å². The van der Waals surface area contributed by atoms with Crippen LogP contribution in [-0.4, -0.2) is 24.9 Å². The maximum atomic E-state index is 5.59. The van der Waals surface area contributed by atoms with E-state index >= 15 is 0 Å². The van der Waals surface area contributed by atoms with E-state index in [0.717, 1.165) is 13.0 Å². The highest BCUT2D eigenvalue weighted by Gasteiger charge is 2.21. The summed E-state index contributed by atoms with van der Waals surface area (Å²) in [7, 11) is 0. The molecule has 2 heteroatoms. The van der Waals surface area contributed by atoms with Gasteiger partial charge in [-0.25, -0.2) is 0 Å². The summed E-state index contributed by atoms with van der Waals surface area (Å²) in [4.78, 5) is 0. The lowest BCUT2D eigenvalue weighted by Crippen LogP contribution is -2.18. The lowest BCUT2D eigenvalue weighted by atomic mass is 10.2. The zero-order chi connectivity index (χ0) is 8.27. The summed E-state index contributed by atoms with van der Waals surface area (Å²) in [6, 6.07) is 0. The second-order valence-electron chi connectivity index (χ2n) is 3.53. The van der Waals surface area contributed by atoms with Gasteiger partial charge in [-0.2, -0.15) is 0 Å². The van der Waals surface area contributed by atoms with Crippen LogP contribution < -0.4 is 0 Å². The molecule has 1 fully saturated rings. The van der Waals surface area contributed by atoms with E-state index in [1.807, 2.05) is 0 Å². The van der Waals surface area contributed by atoms with Crippen LogP contribution >= 0.6 is 0 Å². The fourth-order valence-corrected chi connectivity index (χ4v) is 1.31. The molecule has 0 bridgehead atoms. The maximum Gasteiger partial charge on any atom is 0.0813 e.